The van der Waals surface area contributed by atoms with Gasteiger partial charge in [0, 0.05) is 43.3 Å². The predicted molar refractivity (Wildman–Crippen MR) is 136 cm³/mol. The number of pyridine rings is 1. The van der Waals surface area contributed by atoms with E-state index in [1.54, 1.807) is 7.11 Å². The van der Waals surface area contributed by atoms with E-state index in [-0.39, 0.29) is 5.91 Å². The smallest absolute Gasteiger partial charge is 0.224 e. The van der Waals surface area contributed by atoms with Gasteiger partial charge in [-0.15, -0.1) is 0 Å². The molecule has 34 heavy (non-hydrogen) atoms. The molecule has 0 spiro atoms. The van der Waals surface area contributed by atoms with Crippen LogP contribution in [-0.4, -0.2) is 29.4 Å². The summed E-state index contributed by atoms with van der Waals surface area (Å²) in [5.41, 5.74) is 6.87. The number of benzene rings is 3. The Morgan fingerprint density at radius 1 is 1.00 bits per heavy atom. The first-order chi connectivity index (χ1) is 16.7. The molecular formula is C29H29N3O2. The maximum atomic E-state index is 12.6. The lowest BCUT2D eigenvalue weighted by atomic mass is 9.98. The molecule has 0 aliphatic carbocycles. The number of ether oxygens (including phenoxy) is 1. The number of rotatable bonds is 7. The fraction of sp³-hybridized carbons (Fsp3) is 0.241. The van der Waals surface area contributed by atoms with Crippen molar-refractivity contribution in [2.45, 2.75) is 32.4 Å². The van der Waals surface area contributed by atoms with E-state index in [0.717, 1.165) is 48.6 Å². The zero-order valence-electron chi connectivity index (χ0n) is 19.5. The minimum absolute atomic E-state index is 0.0142. The first kappa shape index (κ1) is 22.1. The van der Waals surface area contributed by atoms with Gasteiger partial charge in [-0.05, 0) is 59.4 Å². The average Bonchev–Trinajstić information content (AvgIpc) is 2.87. The van der Waals surface area contributed by atoms with Crippen molar-refractivity contribution in [2.24, 2.45) is 0 Å². The van der Waals surface area contributed by atoms with Crippen molar-refractivity contribution in [1.29, 1.82) is 0 Å². The highest BCUT2D eigenvalue weighted by Crippen LogP contribution is 2.26. The summed E-state index contributed by atoms with van der Waals surface area (Å²) < 4.78 is 5.39. The summed E-state index contributed by atoms with van der Waals surface area (Å²) in [5, 5.41) is 4.26. The highest BCUT2D eigenvalue weighted by atomic mass is 16.5. The minimum Gasteiger partial charge on any atom is -0.496 e. The monoisotopic (exact) mass is 451 g/mol. The molecule has 0 unspecified atom stereocenters. The van der Waals surface area contributed by atoms with Crippen molar-refractivity contribution in [3.63, 3.8) is 0 Å². The Hall–Kier alpha value is -3.70. The summed E-state index contributed by atoms with van der Waals surface area (Å²) in [6.07, 6.45) is 3.93. The van der Waals surface area contributed by atoms with Crippen LogP contribution >= 0.6 is 0 Å². The van der Waals surface area contributed by atoms with Crippen LogP contribution in [0.3, 0.4) is 0 Å². The number of hydrogen-bond acceptors (Lipinski definition) is 4. The molecule has 4 aromatic rings. The number of carbonyl (C=O) groups excluding carboxylic acids is 1. The number of anilines is 1. The lowest BCUT2D eigenvalue weighted by molar-refractivity contribution is -0.116. The van der Waals surface area contributed by atoms with Crippen LogP contribution in [0, 0.1) is 0 Å². The molecule has 0 bridgehead atoms. The molecule has 0 fully saturated rings. The number of hydrogen-bond donors (Lipinski definition) is 1. The molecule has 2 heterocycles. The van der Waals surface area contributed by atoms with E-state index in [2.05, 4.69) is 51.6 Å². The fourth-order valence-electron chi connectivity index (χ4n) is 4.75. The van der Waals surface area contributed by atoms with E-state index in [9.17, 15) is 4.79 Å². The van der Waals surface area contributed by atoms with Crippen LogP contribution in [-0.2, 0) is 30.7 Å². The average molecular weight is 452 g/mol. The van der Waals surface area contributed by atoms with Crippen LogP contribution < -0.4 is 10.1 Å². The highest BCUT2D eigenvalue weighted by Gasteiger charge is 2.18. The highest BCUT2D eigenvalue weighted by molar-refractivity contribution is 5.91. The van der Waals surface area contributed by atoms with E-state index in [4.69, 9.17) is 4.74 Å². The van der Waals surface area contributed by atoms with Gasteiger partial charge < -0.3 is 10.1 Å². The summed E-state index contributed by atoms with van der Waals surface area (Å²) in [4.78, 5) is 19.7. The van der Waals surface area contributed by atoms with Crippen LogP contribution in [0.2, 0.25) is 0 Å². The Kier molecular flexibility index (Phi) is 6.54. The summed E-state index contributed by atoms with van der Waals surface area (Å²) in [6.45, 7) is 2.74. The summed E-state index contributed by atoms with van der Waals surface area (Å²) in [5.74, 6) is 0.839. The molecule has 5 rings (SSSR count). The second-order valence-corrected chi connectivity index (χ2v) is 8.80. The normalized spacial score (nSPS) is 13.4. The Labute approximate surface area is 200 Å². The maximum absolute atomic E-state index is 12.6. The number of carbonyl (C=O) groups is 1. The third kappa shape index (κ3) is 4.95. The molecule has 1 aromatic heterocycles. The first-order valence-electron chi connectivity index (χ1n) is 11.8. The lowest BCUT2D eigenvalue weighted by Gasteiger charge is -2.29. The van der Waals surface area contributed by atoms with E-state index in [1.807, 2.05) is 42.6 Å². The Bertz CT molecular complexity index is 1310. The number of methoxy groups -OCH3 is 1. The topological polar surface area (TPSA) is 54.5 Å². The van der Waals surface area contributed by atoms with Gasteiger partial charge in [-0.2, -0.15) is 0 Å². The molecule has 0 radical (unpaired) electrons. The van der Waals surface area contributed by atoms with Gasteiger partial charge >= 0.3 is 0 Å². The molecule has 1 amide bonds. The van der Waals surface area contributed by atoms with Crippen molar-refractivity contribution in [3.8, 4) is 5.75 Å². The Morgan fingerprint density at radius 3 is 2.76 bits per heavy atom. The van der Waals surface area contributed by atoms with Crippen molar-refractivity contribution in [2.75, 3.05) is 19.0 Å². The molecule has 172 valence electrons. The zero-order chi connectivity index (χ0) is 23.3. The zero-order valence-corrected chi connectivity index (χ0v) is 19.5. The molecule has 0 saturated carbocycles. The van der Waals surface area contributed by atoms with Crippen LogP contribution in [0.15, 0.2) is 79.0 Å². The summed E-state index contributed by atoms with van der Waals surface area (Å²) in [7, 11) is 1.66. The molecule has 1 N–H and O–H groups in total. The van der Waals surface area contributed by atoms with Gasteiger partial charge in [0.25, 0.3) is 0 Å². The number of aryl methyl sites for hydroxylation is 1. The number of nitrogens with one attached hydrogen (secondary N) is 1. The molecule has 3 aromatic carbocycles. The molecule has 0 saturated heterocycles. The van der Waals surface area contributed by atoms with E-state index < -0.39 is 0 Å². The molecule has 5 heteroatoms. The number of amides is 1. The maximum Gasteiger partial charge on any atom is 0.224 e. The quantitative estimate of drug-likeness (QED) is 0.410. The van der Waals surface area contributed by atoms with Crippen LogP contribution in [0.1, 0.15) is 28.7 Å². The Balaban J connectivity index is 1.23. The largest absolute Gasteiger partial charge is 0.496 e. The van der Waals surface area contributed by atoms with E-state index in [0.29, 0.717) is 12.8 Å². The minimum atomic E-state index is 0.0142. The van der Waals surface area contributed by atoms with Gasteiger partial charge in [0.05, 0.1) is 12.6 Å². The summed E-state index contributed by atoms with van der Waals surface area (Å²) in [6, 6.07) is 24.6. The number of para-hydroxylation sites is 2. The predicted octanol–water partition coefficient (Wildman–Crippen LogP) is 5.37. The van der Waals surface area contributed by atoms with Gasteiger partial charge in [-0.1, -0.05) is 48.5 Å². The lowest BCUT2D eigenvalue weighted by Crippen LogP contribution is -2.30. The SMILES string of the molecule is COc1ccccc1CCC(=O)Nc1ccc2c(c1)CN(Cc1cccc3cccnc13)CC2. The molecule has 1 aliphatic heterocycles. The Morgan fingerprint density at radius 2 is 1.85 bits per heavy atom. The number of aromatic nitrogens is 1. The number of nitrogens with zero attached hydrogens (tertiary/aromatic N) is 2. The fourth-order valence-corrected chi connectivity index (χ4v) is 4.75. The van der Waals surface area contributed by atoms with Crippen LogP contribution in [0.25, 0.3) is 10.9 Å². The molecule has 0 atom stereocenters. The van der Waals surface area contributed by atoms with Crippen LogP contribution in [0.4, 0.5) is 5.69 Å². The standard InChI is InChI=1S/C29H29N3O2/c1-34-27-10-3-2-6-22(27)12-14-28(33)31-26-13-11-21-15-17-32(20-25(21)18-26)19-24-8-4-7-23-9-5-16-30-29(23)24/h2-11,13,16,18H,12,14-15,17,19-20H2,1H3,(H,31,33). The first-order valence-corrected chi connectivity index (χ1v) is 11.8. The second-order valence-electron chi connectivity index (χ2n) is 8.80. The second kappa shape index (κ2) is 10.1. The van der Waals surface area contributed by atoms with E-state index in [1.165, 1.54) is 22.1 Å². The van der Waals surface area contributed by atoms with Gasteiger partial charge in [0.2, 0.25) is 5.91 Å². The van der Waals surface area contributed by atoms with Gasteiger partial charge in [-0.25, -0.2) is 0 Å². The van der Waals surface area contributed by atoms with Gasteiger partial charge in [0.15, 0.2) is 0 Å². The number of fused-ring (bicyclic) bond motifs is 2. The third-order valence-electron chi connectivity index (χ3n) is 6.51. The van der Waals surface area contributed by atoms with Gasteiger partial charge in [-0.3, -0.25) is 14.7 Å². The van der Waals surface area contributed by atoms with Crippen molar-refractivity contribution < 1.29 is 9.53 Å². The molecule has 5 nitrogen and oxygen atoms in total. The van der Waals surface area contributed by atoms with Crippen molar-refractivity contribution >= 4 is 22.5 Å². The summed E-state index contributed by atoms with van der Waals surface area (Å²) >= 11 is 0. The van der Waals surface area contributed by atoms with Crippen LogP contribution in [0.5, 0.6) is 5.75 Å². The van der Waals surface area contributed by atoms with E-state index >= 15 is 0 Å². The third-order valence-corrected chi connectivity index (χ3v) is 6.51. The molecule has 1 aliphatic rings. The van der Waals surface area contributed by atoms with Crippen molar-refractivity contribution in [1.82, 2.24) is 9.88 Å². The molecular weight excluding hydrogens is 422 g/mol. The van der Waals surface area contributed by atoms with Crippen molar-refractivity contribution in [3.05, 3.63) is 101 Å². The van der Waals surface area contributed by atoms with Gasteiger partial charge in [0.1, 0.15) is 5.75 Å².